The summed E-state index contributed by atoms with van der Waals surface area (Å²) in [6.07, 6.45) is 9.87. The smallest absolute Gasteiger partial charge is 0.0133 e. The van der Waals surface area contributed by atoms with E-state index in [-0.39, 0.29) is 0 Å². The van der Waals surface area contributed by atoms with E-state index in [1.54, 1.807) is 5.57 Å². The Morgan fingerprint density at radius 3 is 3.00 bits per heavy atom. The van der Waals surface area contributed by atoms with Crippen molar-refractivity contribution < 1.29 is 0 Å². The summed E-state index contributed by atoms with van der Waals surface area (Å²) in [4.78, 5) is 0. The van der Waals surface area contributed by atoms with Crippen LogP contribution < -0.4 is 0 Å². The molecular weight excluding hydrogens is 96.1 g/mol. The lowest BCUT2D eigenvalue weighted by Crippen LogP contribution is -1.72. The summed E-state index contributed by atoms with van der Waals surface area (Å²) in [5.41, 5.74) is 1.57. The Balaban J connectivity index is 1.81. The normalized spacial score (nSPS) is 15.9. The first-order valence-corrected chi connectivity index (χ1v) is 3.45. The van der Waals surface area contributed by atoms with Crippen LogP contribution in [0.15, 0.2) is 11.6 Å². The van der Waals surface area contributed by atoms with Gasteiger partial charge in [0.2, 0.25) is 0 Å². The van der Waals surface area contributed by atoms with E-state index < -0.39 is 0 Å². The molecule has 0 aromatic carbocycles. The Hall–Kier alpha value is -0.260. The number of hydrogen-bond acceptors (Lipinski definition) is 0. The number of allylic oxidation sites excluding steroid dienone is 2. The van der Waals surface area contributed by atoms with E-state index in [1.807, 2.05) is 0 Å². The lowest BCUT2D eigenvalue weighted by atomic mass is 10.2. The highest BCUT2D eigenvalue weighted by Gasteiger charge is 2.04. The van der Waals surface area contributed by atoms with Gasteiger partial charge in [-0.1, -0.05) is 31.4 Å². The molecular formula is C8H13. The minimum atomic E-state index is 1.27. The van der Waals surface area contributed by atoms with Crippen molar-refractivity contribution in [2.45, 2.75) is 32.6 Å². The van der Waals surface area contributed by atoms with Crippen LogP contribution in [0.1, 0.15) is 32.6 Å². The fourth-order valence-electron chi connectivity index (χ4n) is 0.717. The average molecular weight is 109 g/mol. The van der Waals surface area contributed by atoms with E-state index in [4.69, 9.17) is 0 Å². The third-order valence-corrected chi connectivity index (χ3v) is 1.40. The van der Waals surface area contributed by atoms with Crippen molar-refractivity contribution in [3.8, 4) is 0 Å². The SMILES string of the molecule is CCCC[CH]C1=CC1. The topological polar surface area (TPSA) is 0 Å². The van der Waals surface area contributed by atoms with Gasteiger partial charge in [-0.25, -0.2) is 0 Å². The highest BCUT2D eigenvalue weighted by molar-refractivity contribution is 5.29. The van der Waals surface area contributed by atoms with E-state index in [0.29, 0.717) is 0 Å². The van der Waals surface area contributed by atoms with Crippen LogP contribution in [0.3, 0.4) is 0 Å². The first kappa shape index (κ1) is 5.87. The van der Waals surface area contributed by atoms with Crippen molar-refractivity contribution in [3.05, 3.63) is 18.1 Å². The molecule has 1 aliphatic rings. The predicted molar refractivity (Wildman–Crippen MR) is 36.5 cm³/mol. The highest BCUT2D eigenvalue weighted by Crippen LogP contribution is 2.23. The summed E-state index contributed by atoms with van der Waals surface area (Å²) < 4.78 is 0. The van der Waals surface area contributed by atoms with Crippen LogP contribution in [0.2, 0.25) is 0 Å². The zero-order chi connectivity index (χ0) is 5.82. The maximum Gasteiger partial charge on any atom is -0.0133 e. The fraction of sp³-hybridized carbons (Fsp3) is 0.625. The Morgan fingerprint density at radius 1 is 1.75 bits per heavy atom. The standard InChI is InChI=1S/C8H13/c1-2-3-4-5-8-6-7-8/h5-6H,2-4,7H2,1H3. The van der Waals surface area contributed by atoms with Gasteiger partial charge in [-0.05, 0) is 19.3 Å². The molecule has 1 aliphatic carbocycles. The molecule has 0 bridgehead atoms. The van der Waals surface area contributed by atoms with Crippen LogP contribution in [-0.4, -0.2) is 0 Å². The van der Waals surface area contributed by atoms with Crippen molar-refractivity contribution in [2.24, 2.45) is 0 Å². The van der Waals surface area contributed by atoms with Gasteiger partial charge in [0.25, 0.3) is 0 Å². The van der Waals surface area contributed by atoms with Crippen molar-refractivity contribution >= 4 is 0 Å². The molecule has 0 nitrogen and oxygen atoms in total. The summed E-state index contributed by atoms with van der Waals surface area (Å²) in [6.45, 7) is 2.23. The van der Waals surface area contributed by atoms with Gasteiger partial charge in [-0.3, -0.25) is 0 Å². The first-order chi connectivity index (χ1) is 3.93. The molecule has 8 heavy (non-hydrogen) atoms. The van der Waals surface area contributed by atoms with E-state index in [1.165, 1.54) is 25.7 Å². The minimum absolute atomic E-state index is 1.27. The lowest BCUT2D eigenvalue weighted by Gasteiger charge is -1.89. The van der Waals surface area contributed by atoms with E-state index in [2.05, 4.69) is 19.4 Å². The van der Waals surface area contributed by atoms with Gasteiger partial charge in [0, 0.05) is 0 Å². The molecule has 0 saturated carbocycles. The third-order valence-electron chi connectivity index (χ3n) is 1.40. The minimum Gasteiger partial charge on any atom is -0.0806 e. The van der Waals surface area contributed by atoms with Gasteiger partial charge in [0.15, 0.2) is 0 Å². The molecule has 0 N–H and O–H groups in total. The summed E-state index contributed by atoms with van der Waals surface area (Å²) in [5, 5.41) is 0. The largest absolute Gasteiger partial charge is 0.0806 e. The molecule has 45 valence electrons. The van der Waals surface area contributed by atoms with Crippen LogP contribution in [0.25, 0.3) is 0 Å². The molecule has 1 radical (unpaired) electrons. The Kier molecular flexibility index (Phi) is 2.13. The van der Waals surface area contributed by atoms with Crippen molar-refractivity contribution in [3.63, 3.8) is 0 Å². The summed E-state index contributed by atoms with van der Waals surface area (Å²) in [5.74, 6) is 0. The van der Waals surface area contributed by atoms with Crippen LogP contribution in [-0.2, 0) is 0 Å². The van der Waals surface area contributed by atoms with Gasteiger partial charge < -0.3 is 0 Å². The molecule has 0 atom stereocenters. The average Bonchev–Trinajstić information content (AvgIpc) is 2.51. The molecule has 0 spiro atoms. The van der Waals surface area contributed by atoms with Gasteiger partial charge in [-0.15, -0.1) is 0 Å². The van der Waals surface area contributed by atoms with Gasteiger partial charge in [0.1, 0.15) is 0 Å². The molecule has 0 aromatic heterocycles. The fourth-order valence-corrected chi connectivity index (χ4v) is 0.717. The Labute approximate surface area is 51.6 Å². The van der Waals surface area contributed by atoms with Crippen LogP contribution in [0, 0.1) is 6.42 Å². The lowest BCUT2D eigenvalue weighted by molar-refractivity contribution is 0.791. The molecule has 0 heterocycles. The van der Waals surface area contributed by atoms with E-state index in [9.17, 15) is 0 Å². The Morgan fingerprint density at radius 2 is 2.50 bits per heavy atom. The van der Waals surface area contributed by atoms with Crippen molar-refractivity contribution in [2.75, 3.05) is 0 Å². The summed E-state index contributed by atoms with van der Waals surface area (Å²) in [6, 6.07) is 0. The molecule has 0 fully saturated rings. The van der Waals surface area contributed by atoms with Crippen molar-refractivity contribution in [1.29, 1.82) is 0 Å². The summed E-state index contributed by atoms with van der Waals surface area (Å²) >= 11 is 0. The van der Waals surface area contributed by atoms with Gasteiger partial charge in [0.05, 0.1) is 0 Å². The predicted octanol–water partition coefficient (Wildman–Crippen LogP) is 2.71. The second kappa shape index (κ2) is 2.91. The number of rotatable bonds is 4. The van der Waals surface area contributed by atoms with Crippen molar-refractivity contribution in [1.82, 2.24) is 0 Å². The molecule has 0 saturated heterocycles. The monoisotopic (exact) mass is 109 g/mol. The maximum absolute atomic E-state index is 2.35. The third kappa shape index (κ3) is 2.15. The van der Waals surface area contributed by atoms with Crippen LogP contribution in [0.4, 0.5) is 0 Å². The van der Waals surface area contributed by atoms with Crippen LogP contribution in [0.5, 0.6) is 0 Å². The van der Waals surface area contributed by atoms with E-state index >= 15 is 0 Å². The molecule has 0 aliphatic heterocycles. The Bertz CT molecular complexity index is 90.2. The molecule has 0 heteroatoms. The second-order valence-electron chi connectivity index (χ2n) is 2.33. The number of unbranched alkanes of at least 4 members (excludes halogenated alkanes) is 2. The zero-order valence-corrected chi connectivity index (χ0v) is 5.48. The van der Waals surface area contributed by atoms with Gasteiger partial charge in [-0.2, -0.15) is 0 Å². The highest BCUT2D eigenvalue weighted by atomic mass is 14.1. The zero-order valence-electron chi connectivity index (χ0n) is 5.48. The second-order valence-corrected chi connectivity index (χ2v) is 2.33. The quantitative estimate of drug-likeness (QED) is 0.487. The molecule has 0 aromatic rings. The number of hydrogen-bond donors (Lipinski definition) is 0. The molecule has 0 unspecified atom stereocenters. The van der Waals surface area contributed by atoms with Crippen LogP contribution >= 0.6 is 0 Å². The van der Waals surface area contributed by atoms with Gasteiger partial charge >= 0.3 is 0 Å². The molecule has 1 rings (SSSR count). The maximum atomic E-state index is 2.35. The molecule has 0 amide bonds. The van der Waals surface area contributed by atoms with E-state index in [0.717, 1.165) is 0 Å². The summed E-state index contributed by atoms with van der Waals surface area (Å²) in [7, 11) is 0. The first-order valence-electron chi connectivity index (χ1n) is 3.45.